The van der Waals surface area contributed by atoms with Gasteiger partial charge in [-0.05, 0) is 70.6 Å². The van der Waals surface area contributed by atoms with Crippen LogP contribution in [0.3, 0.4) is 0 Å². The van der Waals surface area contributed by atoms with Crippen molar-refractivity contribution in [2.75, 3.05) is 47.5 Å². The van der Waals surface area contributed by atoms with Crippen LogP contribution in [0.2, 0.25) is 0 Å². The van der Waals surface area contributed by atoms with Crippen molar-refractivity contribution in [1.29, 1.82) is 0 Å². The quantitative estimate of drug-likeness (QED) is 0.0196. The molecule has 0 saturated carbocycles. The number of carbonyl (C=O) groups excluding carboxylic acids is 2. The lowest BCUT2D eigenvalue weighted by Gasteiger charge is -2.28. The molecule has 0 heterocycles. The SMILES string of the molecule is CCCCC/C=C/C/C=C/CCCCCCCCCC(=O)O[C@H](COC(=O)CCCCCCCCCCC/C=C/CCCCCCCC)COP(=O)([O-])OCC[N+](C)(C)C. The Morgan fingerprint density at radius 1 is 0.517 bits per heavy atom. The summed E-state index contributed by atoms with van der Waals surface area (Å²) in [6.45, 7) is 4.21. The zero-order chi connectivity index (χ0) is 44.3. The first-order chi connectivity index (χ1) is 29.0. The van der Waals surface area contributed by atoms with E-state index in [4.69, 9.17) is 18.5 Å². The summed E-state index contributed by atoms with van der Waals surface area (Å²) in [6.07, 6.45) is 48.8. The molecule has 0 bridgehead atoms. The minimum Gasteiger partial charge on any atom is -0.756 e. The number of hydrogen-bond acceptors (Lipinski definition) is 8. The van der Waals surface area contributed by atoms with Crippen molar-refractivity contribution in [2.45, 2.75) is 225 Å². The van der Waals surface area contributed by atoms with Gasteiger partial charge >= 0.3 is 11.9 Å². The van der Waals surface area contributed by atoms with E-state index in [0.717, 1.165) is 51.4 Å². The molecule has 0 fully saturated rings. The highest BCUT2D eigenvalue weighted by molar-refractivity contribution is 7.45. The molecule has 0 saturated heterocycles. The Hall–Kier alpha value is -1.77. The Balaban J connectivity index is 4.28. The maximum absolute atomic E-state index is 12.7. The summed E-state index contributed by atoms with van der Waals surface area (Å²) in [4.78, 5) is 37.7. The molecule has 0 spiro atoms. The molecule has 352 valence electrons. The molecular formula is C50H94NO8P. The minimum atomic E-state index is -4.63. The van der Waals surface area contributed by atoms with E-state index in [1.807, 2.05) is 21.1 Å². The van der Waals surface area contributed by atoms with Crippen molar-refractivity contribution in [3.63, 3.8) is 0 Å². The van der Waals surface area contributed by atoms with Crippen molar-refractivity contribution in [3.8, 4) is 0 Å². The van der Waals surface area contributed by atoms with Gasteiger partial charge in [0.15, 0.2) is 6.10 Å². The number of unbranched alkanes of at least 4 members (excludes halogenated alkanes) is 25. The van der Waals surface area contributed by atoms with Gasteiger partial charge in [-0.15, -0.1) is 0 Å². The number of ether oxygens (including phenoxy) is 2. The standard InChI is InChI=1S/C50H94NO8P/c1-6-8-10-12-14-16-18-20-22-24-25-27-28-30-32-34-36-38-40-42-49(52)56-46-48(47-58-60(54,55)57-45-44-51(3,4)5)59-50(53)43-41-39-37-35-33-31-29-26-23-21-19-17-15-13-11-9-7-2/h15,17,20-23,48H,6-14,16,18-19,24-47H2,1-5H3/b17-15+,22-20+,23-21+/t48-/m1/s1. The Kier molecular flexibility index (Phi) is 41.3. The van der Waals surface area contributed by atoms with Gasteiger partial charge in [0.2, 0.25) is 0 Å². The zero-order valence-electron chi connectivity index (χ0n) is 39.7. The molecule has 0 aliphatic rings. The Morgan fingerprint density at radius 3 is 1.37 bits per heavy atom. The molecule has 60 heavy (non-hydrogen) atoms. The molecule has 10 heteroatoms. The average Bonchev–Trinajstić information content (AvgIpc) is 3.20. The Bertz CT molecular complexity index is 1120. The van der Waals surface area contributed by atoms with E-state index >= 15 is 0 Å². The molecule has 1 unspecified atom stereocenters. The van der Waals surface area contributed by atoms with Gasteiger partial charge in [0.1, 0.15) is 19.8 Å². The third-order valence-electron chi connectivity index (χ3n) is 10.6. The molecule has 0 N–H and O–H groups in total. The lowest BCUT2D eigenvalue weighted by Crippen LogP contribution is -2.37. The van der Waals surface area contributed by atoms with Crippen molar-refractivity contribution < 1.29 is 42.1 Å². The van der Waals surface area contributed by atoms with E-state index < -0.39 is 26.5 Å². The number of hydrogen-bond donors (Lipinski definition) is 0. The summed E-state index contributed by atoms with van der Waals surface area (Å²) in [5, 5.41) is 0. The van der Waals surface area contributed by atoms with Crippen LogP contribution in [0.5, 0.6) is 0 Å². The molecule has 0 amide bonds. The van der Waals surface area contributed by atoms with Gasteiger partial charge in [-0.2, -0.15) is 0 Å². The molecule has 2 atom stereocenters. The summed E-state index contributed by atoms with van der Waals surface area (Å²) < 4.78 is 34.0. The highest BCUT2D eigenvalue weighted by Crippen LogP contribution is 2.38. The molecule has 0 aliphatic heterocycles. The lowest BCUT2D eigenvalue weighted by molar-refractivity contribution is -0.870. The van der Waals surface area contributed by atoms with Crippen molar-refractivity contribution >= 4 is 19.8 Å². The summed E-state index contributed by atoms with van der Waals surface area (Å²) in [6, 6.07) is 0. The predicted molar refractivity (Wildman–Crippen MR) is 250 cm³/mol. The number of nitrogens with zero attached hydrogens (tertiary/aromatic N) is 1. The van der Waals surface area contributed by atoms with Crippen molar-refractivity contribution in [1.82, 2.24) is 0 Å². The summed E-state index contributed by atoms with van der Waals surface area (Å²) in [5.74, 6) is -0.840. The fraction of sp³-hybridized carbons (Fsp3) is 0.840. The normalized spacial score (nSPS) is 13.8. The smallest absolute Gasteiger partial charge is 0.306 e. The number of phosphoric ester groups is 1. The predicted octanol–water partition coefficient (Wildman–Crippen LogP) is 13.8. The van der Waals surface area contributed by atoms with Gasteiger partial charge in [0.05, 0.1) is 27.7 Å². The number of likely N-dealkylation sites (N-methyl/N-ethyl adjacent to an activating group) is 1. The average molecular weight is 868 g/mol. The largest absolute Gasteiger partial charge is 0.756 e. The molecule has 0 aromatic rings. The van der Waals surface area contributed by atoms with E-state index in [1.165, 1.54) is 135 Å². The van der Waals surface area contributed by atoms with Crippen molar-refractivity contribution in [3.05, 3.63) is 36.5 Å². The third kappa shape index (κ3) is 45.7. The second kappa shape index (κ2) is 42.5. The molecule has 9 nitrogen and oxygen atoms in total. The van der Waals surface area contributed by atoms with Crippen LogP contribution in [0.1, 0.15) is 219 Å². The Morgan fingerprint density at radius 2 is 0.900 bits per heavy atom. The van der Waals surface area contributed by atoms with Gasteiger partial charge in [0.25, 0.3) is 7.82 Å². The summed E-state index contributed by atoms with van der Waals surface area (Å²) in [5.41, 5.74) is 0. The summed E-state index contributed by atoms with van der Waals surface area (Å²) >= 11 is 0. The lowest BCUT2D eigenvalue weighted by atomic mass is 10.1. The van der Waals surface area contributed by atoms with Gasteiger partial charge in [-0.25, -0.2) is 0 Å². The van der Waals surface area contributed by atoms with E-state index in [-0.39, 0.29) is 32.0 Å². The van der Waals surface area contributed by atoms with Crippen molar-refractivity contribution in [2.24, 2.45) is 0 Å². The van der Waals surface area contributed by atoms with Crippen LogP contribution in [-0.2, 0) is 32.7 Å². The monoisotopic (exact) mass is 868 g/mol. The van der Waals surface area contributed by atoms with Crippen LogP contribution in [0.4, 0.5) is 0 Å². The molecule has 0 aliphatic carbocycles. The van der Waals surface area contributed by atoms with Crippen LogP contribution in [0.25, 0.3) is 0 Å². The zero-order valence-corrected chi connectivity index (χ0v) is 40.6. The summed E-state index contributed by atoms with van der Waals surface area (Å²) in [7, 11) is 1.16. The van der Waals surface area contributed by atoms with Crippen LogP contribution in [0.15, 0.2) is 36.5 Å². The fourth-order valence-electron chi connectivity index (χ4n) is 6.74. The van der Waals surface area contributed by atoms with Gasteiger partial charge in [-0.1, -0.05) is 172 Å². The second-order valence-electron chi connectivity index (χ2n) is 17.8. The molecule has 0 rings (SSSR count). The highest BCUT2D eigenvalue weighted by Gasteiger charge is 2.21. The maximum Gasteiger partial charge on any atom is 0.306 e. The minimum absolute atomic E-state index is 0.0326. The van der Waals surface area contributed by atoms with Crippen LogP contribution in [-0.4, -0.2) is 70.0 Å². The molecule has 0 aromatic heterocycles. The first kappa shape index (κ1) is 58.2. The first-order valence-electron chi connectivity index (χ1n) is 24.7. The van der Waals surface area contributed by atoms with Crippen LogP contribution < -0.4 is 4.89 Å². The fourth-order valence-corrected chi connectivity index (χ4v) is 7.47. The Labute approximate surface area is 370 Å². The number of quaternary nitrogens is 1. The highest BCUT2D eigenvalue weighted by atomic mass is 31.2. The van der Waals surface area contributed by atoms with E-state index in [0.29, 0.717) is 17.4 Å². The number of carbonyl (C=O) groups is 2. The molecule has 0 aromatic carbocycles. The third-order valence-corrected chi connectivity index (χ3v) is 11.6. The van der Waals surface area contributed by atoms with Gasteiger partial charge in [-0.3, -0.25) is 14.2 Å². The molecular weight excluding hydrogens is 774 g/mol. The molecule has 0 radical (unpaired) electrons. The van der Waals surface area contributed by atoms with E-state index in [1.54, 1.807) is 0 Å². The van der Waals surface area contributed by atoms with Crippen LogP contribution >= 0.6 is 7.82 Å². The second-order valence-corrected chi connectivity index (χ2v) is 19.2. The number of esters is 2. The number of rotatable bonds is 45. The number of phosphoric acid groups is 1. The first-order valence-corrected chi connectivity index (χ1v) is 26.2. The van der Waals surface area contributed by atoms with E-state index in [2.05, 4.69) is 50.3 Å². The van der Waals surface area contributed by atoms with Crippen LogP contribution in [0, 0.1) is 0 Å². The number of allylic oxidation sites excluding steroid dienone is 6. The maximum atomic E-state index is 12.7. The van der Waals surface area contributed by atoms with Gasteiger partial charge in [0, 0.05) is 12.8 Å². The van der Waals surface area contributed by atoms with Gasteiger partial charge < -0.3 is 27.9 Å². The topological polar surface area (TPSA) is 111 Å². The van der Waals surface area contributed by atoms with E-state index in [9.17, 15) is 19.0 Å².